The second kappa shape index (κ2) is 30.4. The molecule has 3 nitrogen and oxygen atoms in total. The fraction of sp³-hybridized carbons (Fsp3) is 0. The van der Waals surface area contributed by atoms with Gasteiger partial charge in [0.05, 0.1) is 32.9 Å². The van der Waals surface area contributed by atoms with Crippen molar-refractivity contribution < 1.29 is 46.1 Å². The molecule has 125 heavy (non-hydrogen) atoms. The zero-order valence-electron chi connectivity index (χ0n) is 90.2. The van der Waals surface area contributed by atoms with E-state index in [2.05, 4.69) is 6.07 Å². The SMILES string of the molecule is [2H]c1c([2H])c([2H])c2c(-c3cccc4oc5ccccc5c34)c3c([2H])c([2H])c([2H])c([2H])c3c(-c3ccc4cc(-c5ccccc5)ccc4c3)c2c1[2H].[2H]c1c([2H])c([2H])c2c(-c3cccc4oc5ccccc5c34)c3c([2H])c([2H])c([2H])c([2H])c3c(-c3ccc4ccccc4c3)c2c1[2H].[2H]c1c([2H])c([2H])c2c(-c3cccc4oc5ccccc5c34)c3c([2H])c([2H])c([2H])c([2H])c3c(-c3ccccc3-c3ccc(-c4ccccc4)cc3)c2c1[2H]. The Kier molecular flexibility index (Phi) is 12.6. The van der Waals surface area contributed by atoms with Crippen molar-refractivity contribution in [2.24, 2.45) is 0 Å². The van der Waals surface area contributed by atoms with Gasteiger partial charge in [-0.2, -0.15) is 0 Å². The molecule has 0 fully saturated rings. The summed E-state index contributed by atoms with van der Waals surface area (Å²) in [6.07, 6.45) is 0. The first-order valence-corrected chi connectivity index (χ1v) is 41.0. The third-order valence-corrected chi connectivity index (χ3v) is 23.9. The molecule has 0 aliphatic rings. The normalized spacial score (nSPS) is 14.4. The minimum absolute atomic E-state index is 0.163. The molecular weight excluding hydrogens is 1510 g/mol. The van der Waals surface area contributed by atoms with Crippen LogP contribution in [0.2, 0.25) is 0 Å². The second-order valence-corrected chi connectivity index (χ2v) is 30.8. The Balaban J connectivity index is 0.000000120. The van der Waals surface area contributed by atoms with E-state index in [4.69, 9.17) is 29.7 Å². The predicted molar refractivity (Wildman–Crippen MR) is 530 cm³/mol. The third kappa shape index (κ3) is 12.3. The van der Waals surface area contributed by atoms with Gasteiger partial charge in [-0.1, -0.05) is 406 Å². The summed E-state index contributed by atoms with van der Waals surface area (Å²) in [7, 11) is 0. The number of fused-ring (bicyclic) bond motifs is 17. The van der Waals surface area contributed by atoms with Crippen LogP contribution in [0.1, 0.15) is 32.9 Å². The number of benzene rings is 23. The van der Waals surface area contributed by atoms with E-state index in [-0.39, 0.29) is 137 Å². The van der Waals surface area contributed by atoms with Crippen molar-refractivity contribution in [2.75, 3.05) is 0 Å². The maximum absolute atomic E-state index is 9.43. The van der Waals surface area contributed by atoms with Crippen LogP contribution in [-0.2, 0) is 0 Å². The number of hydrogen-bond donors (Lipinski definition) is 0. The van der Waals surface area contributed by atoms with Crippen molar-refractivity contribution in [3.63, 3.8) is 0 Å². The molecule has 26 aromatic rings. The average Bonchev–Trinajstić information content (AvgIpc) is 1.60. The maximum atomic E-state index is 9.43. The largest absolute Gasteiger partial charge is 0.456 e. The predicted octanol–water partition coefficient (Wildman–Crippen LogP) is 35.0. The Morgan fingerprint density at radius 1 is 0.144 bits per heavy atom. The topological polar surface area (TPSA) is 39.4 Å². The summed E-state index contributed by atoms with van der Waals surface area (Å²) >= 11 is 0. The van der Waals surface area contributed by atoms with Crippen LogP contribution < -0.4 is 0 Å². The monoisotopic (exact) mass is 1610 g/mol. The van der Waals surface area contributed by atoms with E-state index >= 15 is 0 Å². The van der Waals surface area contributed by atoms with E-state index < -0.39 is 72.5 Å². The summed E-state index contributed by atoms with van der Waals surface area (Å²) < 4.78 is 236. The van der Waals surface area contributed by atoms with Crippen molar-refractivity contribution in [3.8, 4) is 100 Å². The molecule has 0 aliphatic carbocycles. The number of rotatable bonds is 9. The van der Waals surface area contributed by atoms with Crippen molar-refractivity contribution in [1.29, 1.82) is 0 Å². The van der Waals surface area contributed by atoms with Crippen LogP contribution in [0.15, 0.2) is 474 Å². The molecule has 0 saturated carbocycles. The van der Waals surface area contributed by atoms with Crippen molar-refractivity contribution in [2.45, 2.75) is 0 Å². The third-order valence-electron chi connectivity index (χ3n) is 23.9. The van der Waals surface area contributed by atoms with Crippen LogP contribution in [0.4, 0.5) is 0 Å². The summed E-state index contributed by atoms with van der Waals surface area (Å²) in [6.45, 7) is 0. The molecule has 3 aromatic heterocycles. The molecule has 0 amide bonds. The van der Waals surface area contributed by atoms with Gasteiger partial charge in [-0.15, -0.1) is 0 Å². The minimum atomic E-state index is -0.441. The van der Waals surface area contributed by atoms with Gasteiger partial charge in [-0.05, 0) is 241 Å². The van der Waals surface area contributed by atoms with E-state index in [1.54, 1.807) is 18.2 Å². The van der Waals surface area contributed by atoms with Crippen LogP contribution in [0.25, 0.3) is 252 Å². The molecule has 3 heterocycles. The molecule has 3 heteroatoms. The Hall–Kier alpha value is -16.5. The van der Waals surface area contributed by atoms with E-state index in [9.17, 15) is 16.4 Å². The highest BCUT2D eigenvalue weighted by atomic mass is 16.3. The van der Waals surface area contributed by atoms with Crippen molar-refractivity contribution in [1.82, 2.24) is 0 Å². The van der Waals surface area contributed by atoms with E-state index in [1.807, 2.05) is 291 Å². The highest BCUT2D eigenvalue weighted by Gasteiger charge is 2.26. The number of hydrogen-bond acceptors (Lipinski definition) is 3. The highest BCUT2D eigenvalue weighted by molar-refractivity contribution is 6.30. The highest BCUT2D eigenvalue weighted by Crippen LogP contribution is 2.53. The van der Waals surface area contributed by atoms with Crippen LogP contribution >= 0.6 is 0 Å². The fourth-order valence-electron chi connectivity index (χ4n) is 18.5. The fourth-order valence-corrected chi connectivity index (χ4v) is 18.5. The zero-order valence-corrected chi connectivity index (χ0v) is 66.2. The lowest BCUT2D eigenvalue weighted by molar-refractivity contribution is 0.668. The summed E-state index contributed by atoms with van der Waals surface area (Å²) in [5.41, 5.74) is 14.5. The number of para-hydroxylation sites is 3. The van der Waals surface area contributed by atoms with Gasteiger partial charge in [0, 0.05) is 32.3 Å². The number of furan rings is 3. The quantitative estimate of drug-likeness (QED) is 0.135. The van der Waals surface area contributed by atoms with Crippen molar-refractivity contribution in [3.05, 3.63) is 460 Å². The van der Waals surface area contributed by atoms with E-state index in [0.29, 0.717) is 116 Å². The zero-order chi connectivity index (χ0) is 103. The average molecular weight is 1610 g/mol. The lowest BCUT2D eigenvalue weighted by Crippen LogP contribution is -1.93. The summed E-state index contributed by atoms with van der Waals surface area (Å²) in [5, 5.41) is 10.2. The van der Waals surface area contributed by atoms with Gasteiger partial charge in [-0.25, -0.2) is 0 Å². The smallest absolute Gasteiger partial charge is 0.136 e. The van der Waals surface area contributed by atoms with Gasteiger partial charge in [0.15, 0.2) is 0 Å². The molecular formula is C122H76O3. The molecule has 0 N–H and O–H groups in total. The molecule has 0 spiro atoms. The standard InChI is InChI=1S/C44H28O.C42H26O.C36H22O/c1-2-13-29(14-3-1)30-25-27-31(28-26-30)32-15-4-5-16-33(32)42-34-17-6-8-19-36(34)43(37-20-9-7-18-35(37)42)39-22-12-24-41-44(39)38-21-10-11-23-40(38)45-41;1-2-11-27(12-3-1)28-21-22-30-26-31(24-23-29(30)25-28)40-32-13-4-6-15-34(32)41(35-16-7-5-14-33(35)40)37-18-10-20-39-42(37)36-17-8-9-19-38(36)43-39;1-2-11-24-22-25(21-20-23(24)10-1)34-26-12-3-5-14-28(26)35(29-15-6-4-13-27(29)34)31-17-9-19-33-36(31)30-16-7-8-18-32(30)37-33/h1-28H;1-26H;1-22H/i6D,7D,8D,9D,17D,18D,19D,20D;4D,5D,6D,7D,13D,14D,15D,16D;3D,4D,5D,6D,12D,13D,14D,15D. The molecule has 0 atom stereocenters. The van der Waals surface area contributed by atoms with Crippen molar-refractivity contribution >= 4 is 152 Å². The Bertz CT molecular complexity index is 10100. The second-order valence-electron chi connectivity index (χ2n) is 30.8. The first-order valence-electron chi connectivity index (χ1n) is 53.0. The van der Waals surface area contributed by atoms with Gasteiger partial charge in [0.2, 0.25) is 0 Å². The van der Waals surface area contributed by atoms with Crippen LogP contribution in [0, 0.1) is 0 Å². The van der Waals surface area contributed by atoms with Gasteiger partial charge in [0.25, 0.3) is 0 Å². The summed E-state index contributed by atoms with van der Waals surface area (Å²) in [6, 6.07) is 90.8. The molecule has 0 unspecified atom stereocenters. The van der Waals surface area contributed by atoms with Gasteiger partial charge < -0.3 is 13.3 Å². The minimum Gasteiger partial charge on any atom is -0.456 e. The molecule has 0 radical (unpaired) electrons. The molecule has 0 saturated heterocycles. The Morgan fingerprint density at radius 2 is 0.384 bits per heavy atom. The molecule has 582 valence electrons. The van der Waals surface area contributed by atoms with Gasteiger partial charge >= 0.3 is 0 Å². The van der Waals surface area contributed by atoms with E-state index in [1.165, 1.54) is 0 Å². The first-order chi connectivity index (χ1) is 72.0. The lowest BCUT2D eigenvalue weighted by atomic mass is 9.83. The summed E-state index contributed by atoms with van der Waals surface area (Å²) in [4.78, 5) is 0. The Labute approximate surface area is 755 Å². The van der Waals surface area contributed by atoms with E-state index in [0.717, 1.165) is 71.1 Å². The molecule has 26 rings (SSSR count). The lowest BCUT2D eigenvalue weighted by Gasteiger charge is -2.20. The van der Waals surface area contributed by atoms with Crippen LogP contribution in [-0.4, -0.2) is 0 Å². The summed E-state index contributed by atoms with van der Waals surface area (Å²) in [5.74, 6) is 0. The molecule has 0 aliphatic heterocycles. The van der Waals surface area contributed by atoms with Gasteiger partial charge in [-0.3, -0.25) is 0 Å². The first kappa shape index (κ1) is 51.9. The Morgan fingerprint density at radius 3 is 0.768 bits per heavy atom. The van der Waals surface area contributed by atoms with Crippen LogP contribution in [0.3, 0.4) is 0 Å². The van der Waals surface area contributed by atoms with Gasteiger partial charge in [0.1, 0.15) is 33.5 Å². The van der Waals surface area contributed by atoms with Crippen LogP contribution in [0.5, 0.6) is 0 Å². The molecule has 23 aromatic carbocycles. The maximum Gasteiger partial charge on any atom is 0.136 e. The molecule has 0 bridgehead atoms.